The van der Waals surface area contributed by atoms with E-state index in [1.807, 2.05) is 44.0 Å². The first-order chi connectivity index (χ1) is 13.4. The van der Waals surface area contributed by atoms with Crippen LogP contribution in [0.25, 0.3) is 5.57 Å². The van der Waals surface area contributed by atoms with E-state index in [2.05, 4.69) is 5.32 Å². The number of benzene rings is 1. The van der Waals surface area contributed by atoms with Crippen LogP contribution in [-0.4, -0.2) is 49.0 Å². The van der Waals surface area contributed by atoms with Gasteiger partial charge in [-0.1, -0.05) is 23.8 Å². The van der Waals surface area contributed by atoms with Crippen molar-refractivity contribution in [3.63, 3.8) is 0 Å². The molecule has 3 rings (SSSR count). The van der Waals surface area contributed by atoms with Crippen LogP contribution in [0.5, 0.6) is 0 Å². The van der Waals surface area contributed by atoms with Gasteiger partial charge in [0.15, 0.2) is 5.76 Å². The third-order valence-corrected chi connectivity index (χ3v) is 5.24. The molecule has 1 aromatic rings. The Hall–Kier alpha value is -2.38. The van der Waals surface area contributed by atoms with E-state index in [1.165, 1.54) is 0 Å². The summed E-state index contributed by atoms with van der Waals surface area (Å²) < 4.78 is 10.6. The van der Waals surface area contributed by atoms with Crippen molar-refractivity contribution in [2.45, 2.75) is 46.1 Å². The number of hydroxylamine groups is 2. The number of piperidine rings is 1. The van der Waals surface area contributed by atoms with Gasteiger partial charge in [-0.25, -0.2) is 4.79 Å². The SMILES string of the molecule is CCOC(=O)OC1=C(c2cc(C)ccc2C)C(=O)NC12CCN(OCC)CC2. The number of hydrogen-bond acceptors (Lipinski definition) is 6. The molecular weight excluding hydrogens is 360 g/mol. The lowest BCUT2D eigenvalue weighted by atomic mass is 9.85. The van der Waals surface area contributed by atoms with Gasteiger partial charge in [-0.15, -0.1) is 0 Å². The molecule has 7 heteroatoms. The van der Waals surface area contributed by atoms with Crippen LogP contribution in [0.1, 0.15) is 43.4 Å². The molecule has 1 amide bonds. The van der Waals surface area contributed by atoms with Crippen LogP contribution >= 0.6 is 0 Å². The van der Waals surface area contributed by atoms with Crippen LogP contribution in [-0.2, 0) is 19.1 Å². The average molecular weight is 388 g/mol. The highest BCUT2D eigenvalue weighted by molar-refractivity contribution is 6.23. The summed E-state index contributed by atoms with van der Waals surface area (Å²) in [6, 6.07) is 5.91. The molecule has 7 nitrogen and oxygen atoms in total. The lowest BCUT2D eigenvalue weighted by Gasteiger charge is -2.39. The summed E-state index contributed by atoms with van der Waals surface area (Å²) in [4.78, 5) is 30.8. The lowest BCUT2D eigenvalue weighted by molar-refractivity contribution is -0.172. The number of nitrogens with zero attached hydrogens (tertiary/aromatic N) is 1. The quantitative estimate of drug-likeness (QED) is 0.781. The minimum Gasteiger partial charge on any atom is -0.434 e. The summed E-state index contributed by atoms with van der Waals surface area (Å²) in [7, 11) is 0. The highest BCUT2D eigenvalue weighted by atomic mass is 16.7. The van der Waals surface area contributed by atoms with Crippen LogP contribution < -0.4 is 5.32 Å². The van der Waals surface area contributed by atoms with E-state index in [0.717, 1.165) is 16.7 Å². The highest BCUT2D eigenvalue weighted by Gasteiger charge is 2.50. The first kappa shape index (κ1) is 20.4. The number of carbonyl (C=O) groups is 2. The summed E-state index contributed by atoms with van der Waals surface area (Å²) in [5, 5.41) is 4.98. The van der Waals surface area contributed by atoms with Gasteiger partial charge in [0.2, 0.25) is 0 Å². The minimum absolute atomic E-state index is 0.206. The minimum atomic E-state index is -0.789. The van der Waals surface area contributed by atoms with Gasteiger partial charge < -0.3 is 14.8 Å². The molecule has 0 radical (unpaired) electrons. The molecule has 0 unspecified atom stereocenters. The first-order valence-electron chi connectivity index (χ1n) is 9.77. The fourth-order valence-corrected chi connectivity index (χ4v) is 3.84. The topological polar surface area (TPSA) is 77.1 Å². The summed E-state index contributed by atoms with van der Waals surface area (Å²) in [5.74, 6) is 0.138. The molecule has 1 fully saturated rings. The molecule has 0 bridgehead atoms. The Bertz CT molecular complexity index is 794. The zero-order valence-corrected chi connectivity index (χ0v) is 17.0. The molecule has 0 aliphatic carbocycles. The second-order valence-electron chi connectivity index (χ2n) is 7.19. The maximum absolute atomic E-state index is 13.0. The third kappa shape index (κ3) is 3.91. The van der Waals surface area contributed by atoms with E-state index in [4.69, 9.17) is 14.3 Å². The molecule has 1 spiro atoms. The highest BCUT2D eigenvalue weighted by Crippen LogP contribution is 2.41. The molecule has 1 N–H and O–H groups in total. The van der Waals surface area contributed by atoms with E-state index in [1.54, 1.807) is 6.92 Å². The predicted octanol–water partition coefficient (Wildman–Crippen LogP) is 3.10. The van der Waals surface area contributed by atoms with Crippen molar-refractivity contribution in [3.05, 3.63) is 40.6 Å². The average Bonchev–Trinajstić information content (AvgIpc) is 2.91. The van der Waals surface area contributed by atoms with Crippen LogP contribution in [0.3, 0.4) is 0 Å². The van der Waals surface area contributed by atoms with Crippen molar-refractivity contribution in [2.24, 2.45) is 0 Å². The van der Waals surface area contributed by atoms with Gasteiger partial charge in [-0.05, 0) is 51.7 Å². The smallest absolute Gasteiger partial charge is 0.434 e. The Labute approximate surface area is 165 Å². The van der Waals surface area contributed by atoms with Crippen molar-refractivity contribution in [1.82, 2.24) is 10.4 Å². The Morgan fingerprint density at radius 1 is 1.18 bits per heavy atom. The number of hydrogen-bond donors (Lipinski definition) is 1. The van der Waals surface area contributed by atoms with E-state index in [-0.39, 0.29) is 12.5 Å². The summed E-state index contributed by atoms with van der Waals surface area (Å²) in [5.41, 5.74) is 2.44. The first-order valence-corrected chi connectivity index (χ1v) is 9.77. The fourth-order valence-electron chi connectivity index (χ4n) is 3.84. The molecule has 1 saturated heterocycles. The van der Waals surface area contributed by atoms with E-state index in [0.29, 0.717) is 43.9 Å². The maximum atomic E-state index is 13.0. The molecule has 0 aromatic heterocycles. The molecule has 2 heterocycles. The van der Waals surface area contributed by atoms with Gasteiger partial charge >= 0.3 is 6.16 Å². The van der Waals surface area contributed by atoms with Crippen LogP contribution in [0.2, 0.25) is 0 Å². The molecule has 2 aliphatic rings. The van der Waals surface area contributed by atoms with E-state index < -0.39 is 11.7 Å². The lowest BCUT2D eigenvalue weighted by Crippen LogP contribution is -2.53. The van der Waals surface area contributed by atoms with Crippen LogP contribution in [0.15, 0.2) is 24.0 Å². The van der Waals surface area contributed by atoms with Crippen molar-refractivity contribution < 1.29 is 23.9 Å². The van der Waals surface area contributed by atoms with Crippen molar-refractivity contribution in [3.8, 4) is 0 Å². The summed E-state index contributed by atoms with van der Waals surface area (Å²) in [6.45, 7) is 9.63. The van der Waals surface area contributed by atoms with Gasteiger partial charge in [0.1, 0.15) is 5.54 Å². The van der Waals surface area contributed by atoms with Gasteiger partial charge in [0.25, 0.3) is 5.91 Å². The number of rotatable bonds is 5. The Morgan fingerprint density at radius 3 is 2.54 bits per heavy atom. The number of aryl methyl sites for hydroxylation is 2. The van der Waals surface area contributed by atoms with Gasteiger partial charge in [0.05, 0.1) is 18.8 Å². The van der Waals surface area contributed by atoms with Crippen LogP contribution in [0, 0.1) is 13.8 Å². The van der Waals surface area contributed by atoms with Gasteiger partial charge in [-0.2, -0.15) is 5.06 Å². The number of carbonyl (C=O) groups excluding carboxylic acids is 2. The summed E-state index contributed by atoms with van der Waals surface area (Å²) >= 11 is 0. The Balaban J connectivity index is 2.04. The van der Waals surface area contributed by atoms with Gasteiger partial charge in [0, 0.05) is 13.1 Å². The normalized spacial score (nSPS) is 19.1. The van der Waals surface area contributed by atoms with Crippen molar-refractivity contribution >= 4 is 17.6 Å². The van der Waals surface area contributed by atoms with Crippen LogP contribution in [0.4, 0.5) is 4.79 Å². The standard InChI is InChI=1S/C21H28N2O5/c1-5-26-20(25)28-18-17(16-13-14(3)7-8-15(16)4)19(24)22-21(18)9-11-23(12-10-21)27-6-2/h7-8,13H,5-6,9-12H2,1-4H3,(H,22,24). The maximum Gasteiger partial charge on any atom is 0.513 e. The van der Waals surface area contributed by atoms with Crippen molar-refractivity contribution in [2.75, 3.05) is 26.3 Å². The Morgan fingerprint density at radius 2 is 1.89 bits per heavy atom. The third-order valence-electron chi connectivity index (χ3n) is 5.24. The number of amides is 1. The molecule has 0 saturated carbocycles. The predicted molar refractivity (Wildman–Crippen MR) is 104 cm³/mol. The second kappa shape index (κ2) is 8.32. The molecule has 28 heavy (non-hydrogen) atoms. The fraction of sp³-hybridized carbons (Fsp3) is 0.524. The molecule has 152 valence electrons. The number of nitrogens with one attached hydrogen (secondary N) is 1. The monoisotopic (exact) mass is 388 g/mol. The van der Waals surface area contributed by atoms with Crippen molar-refractivity contribution in [1.29, 1.82) is 0 Å². The molecule has 0 atom stereocenters. The summed E-state index contributed by atoms with van der Waals surface area (Å²) in [6.07, 6.45) is 0.382. The van der Waals surface area contributed by atoms with E-state index >= 15 is 0 Å². The zero-order chi connectivity index (χ0) is 20.3. The molecular formula is C21H28N2O5. The Kier molecular flexibility index (Phi) is 6.05. The number of ether oxygens (including phenoxy) is 2. The second-order valence-corrected chi connectivity index (χ2v) is 7.19. The van der Waals surface area contributed by atoms with Gasteiger partial charge in [-0.3, -0.25) is 9.63 Å². The van der Waals surface area contributed by atoms with E-state index in [9.17, 15) is 9.59 Å². The molecule has 2 aliphatic heterocycles. The largest absolute Gasteiger partial charge is 0.513 e. The molecule has 1 aromatic carbocycles. The zero-order valence-electron chi connectivity index (χ0n) is 17.0.